The second-order valence-corrected chi connectivity index (χ2v) is 6.43. The predicted molar refractivity (Wildman–Crippen MR) is 97.7 cm³/mol. The molecule has 1 heterocycles. The fourth-order valence-corrected chi connectivity index (χ4v) is 2.92. The van der Waals surface area contributed by atoms with Gasteiger partial charge in [-0.2, -0.15) is 13.2 Å². The molecule has 1 aromatic heterocycles. The fraction of sp³-hybridized carbons (Fsp3) is 0.263. The van der Waals surface area contributed by atoms with Gasteiger partial charge in [-0.1, -0.05) is 12.1 Å². The summed E-state index contributed by atoms with van der Waals surface area (Å²) in [6, 6.07) is 9.59. The minimum atomic E-state index is -4.57. The van der Waals surface area contributed by atoms with E-state index in [1.165, 1.54) is 6.07 Å². The molecule has 0 spiro atoms. The van der Waals surface area contributed by atoms with Crippen LogP contribution in [0.3, 0.4) is 0 Å². The zero-order valence-electron chi connectivity index (χ0n) is 14.5. The van der Waals surface area contributed by atoms with Crippen LogP contribution in [0.2, 0.25) is 0 Å². The lowest BCUT2D eigenvalue weighted by atomic mass is 10.1. The van der Waals surface area contributed by atoms with E-state index in [9.17, 15) is 18.0 Å². The lowest BCUT2D eigenvalue weighted by Crippen LogP contribution is -2.25. The van der Waals surface area contributed by atoms with Gasteiger partial charge in [-0.15, -0.1) is 11.6 Å². The number of fused-ring (bicyclic) bond motifs is 1. The first-order valence-corrected chi connectivity index (χ1v) is 8.70. The van der Waals surface area contributed by atoms with E-state index < -0.39 is 17.3 Å². The summed E-state index contributed by atoms with van der Waals surface area (Å²) in [6.45, 7) is 3.48. The highest BCUT2D eigenvalue weighted by Gasteiger charge is 2.32. The van der Waals surface area contributed by atoms with Crippen LogP contribution in [0.5, 0.6) is 5.75 Å². The van der Waals surface area contributed by atoms with E-state index in [1.54, 1.807) is 38.1 Å². The maximum absolute atomic E-state index is 13.2. The zero-order valence-corrected chi connectivity index (χ0v) is 15.3. The lowest BCUT2D eigenvalue weighted by molar-refractivity contribution is -0.137. The second-order valence-electron chi connectivity index (χ2n) is 6.17. The maximum Gasteiger partial charge on any atom is 0.416 e. The minimum Gasteiger partial charge on any atom is -0.489 e. The van der Waals surface area contributed by atoms with Crippen molar-refractivity contribution >= 4 is 22.5 Å². The van der Waals surface area contributed by atoms with Crippen molar-refractivity contribution in [3.05, 3.63) is 64.2 Å². The summed E-state index contributed by atoms with van der Waals surface area (Å²) < 4.78 is 46.5. The molecule has 0 aliphatic rings. The largest absolute Gasteiger partial charge is 0.489 e. The number of halogens is 4. The molecule has 0 aliphatic carbocycles. The van der Waals surface area contributed by atoms with E-state index in [4.69, 9.17) is 16.3 Å². The van der Waals surface area contributed by atoms with Crippen molar-refractivity contribution < 1.29 is 17.9 Å². The van der Waals surface area contributed by atoms with Crippen LogP contribution in [0.4, 0.5) is 13.2 Å². The third-order valence-electron chi connectivity index (χ3n) is 3.85. The highest BCUT2D eigenvalue weighted by molar-refractivity contribution is 6.16. The topological polar surface area (TPSA) is 44.1 Å². The molecule has 3 rings (SSSR count). The first-order chi connectivity index (χ1) is 12.7. The smallest absolute Gasteiger partial charge is 0.416 e. The molecule has 0 saturated carbocycles. The monoisotopic (exact) mass is 396 g/mol. The van der Waals surface area contributed by atoms with Crippen LogP contribution in [0.25, 0.3) is 16.6 Å². The van der Waals surface area contributed by atoms with Crippen LogP contribution in [0.15, 0.2) is 47.3 Å². The molecule has 142 valence electrons. The van der Waals surface area contributed by atoms with Gasteiger partial charge < -0.3 is 4.74 Å². The Labute approximate surface area is 158 Å². The SMILES string of the molecule is CC(C)Oc1ccc(C(F)(F)F)cc1-n1c(CCl)nc2ccccc2c1=O. The van der Waals surface area contributed by atoms with Crippen LogP contribution in [0, 0.1) is 0 Å². The number of para-hydroxylation sites is 1. The van der Waals surface area contributed by atoms with Crippen LogP contribution in [-0.4, -0.2) is 15.7 Å². The summed E-state index contributed by atoms with van der Waals surface area (Å²) in [5.74, 6) is 0.120. The number of aromatic nitrogens is 2. The van der Waals surface area contributed by atoms with E-state index in [-0.39, 0.29) is 34.6 Å². The molecule has 0 fully saturated rings. The summed E-state index contributed by atoms with van der Waals surface area (Å²) in [5.41, 5.74) is -1.02. The Bertz CT molecular complexity index is 1050. The Morgan fingerprint density at radius 3 is 2.52 bits per heavy atom. The van der Waals surface area contributed by atoms with Crippen molar-refractivity contribution in [3.8, 4) is 11.4 Å². The van der Waals surface area contributed by atoms with Crippen molar-refractivity contribution in [1.29, 1.82) is 0 Å². The highest BCUT2D eigenvalue weighted by atomic mass is 35.5. The van der Waals surface area contributed by atoms with Gasteiger partial charge in [0.15, 0.2) is 0 Å². The molecule has 8 heteroatoms. The van der Waals surface area contributed by atoms with Crippen molar-refractivity contribution in [2.45, 2.75) is 32.0 Å². The molecule has 4 nitrogen and oxygen atoms in total. The van der Waals surface area contributed by atoms with Gasteiger partial charge in [0, 0.05) is 0 Å². The molecule has 27 heavy (non-hydrogen) atoms. The standard InChI is InChI=1S/C19H16ClF3N2O2/c1-11(2)27-16-8-7-12(19(21,22)23)9-15(16)25-17(10-20)24-14-6-4-3-5-13(14)18(25)26/h3-9,11H,10H2,1-2H3. The third kappa shape index (κ3) is 3.78. The summed E-state index contributed by atoms with van der Waals surface area (Å²) in [4.78, 5) is 17.4. The number of ether oxygens (including phenoxy) is 1. The molecule has 3 aromatic rings. The molecule has 0 bridgehead atoms. The highest BCUT2D eigenvalue weighted by Crippen LogP contribution is 2.34. The first-order valence-electron chi connectivity index (χ1n) is 8.17. The maximum atomic E-state index is 13.2. The fourth-order valence-electron chi connectivity index (χ4n) is 2.74. The Morgan fingerprint density at radius 2 is 1.89 bits per heavy atom. The number of nitrogens with zero attached hydrogens (tertiary/aromatic N) is 2. The average molecular weight is 397 g/mol. The van der Waals surface area contributed by atoms with Crippen molar-refractivity contribution in [1.82, 2.24) is 9.55 Å². The first kappa shape index (κ1) is 19.2. The van der Waals surface area contributed by atoms with Gasteiger partial charge in [0.2, 0.25) is 0 Å². The number of hydrogen-bond donors (Lipinski definition) is 0. The van der Waals surface area contributed by atoms with E-state index in [2.05, 4.69) is 4.98 Å². The molecule has 0 unspecified atom stereocenters. The summed E-state index contributed by atoms with van der Waals surface area (Å²) in [5, 5.41) is 0.277. The van der Waals surface area contributed by atoms with E-state index >= 15 is 0 Å². The van der Waals surface area contributed by atoms with Gasteiger partial charge >= 0.3 is 6.18 Å². The molecule has 0 radical (unpaired) electrons. The van der Waals surface area contributed by atoms with Crippen molar-refractivity contribution in [2.75, 3.05) is 0 Å². The molecule has 0 N–H and O–H groups in total. The average Bonchev–Trinajstić information content (AvgIpc) is 2.61. The van der Waals surface area contributed by atoms with Gasteiger partial charge in [0.25, 0.3) is 5.56 Å². The zero-order chi connectivity index (χ0) is 19.8. The van der Waals surface area contributed by atoms with Crippen LogP contribution in [-0.2, 0) is 12.1 Å². The Balaban J connectivity index is 2.37. The van der Waals surface area contributed by atoms with Gasteiger partial charge in [0.05, 0.1) is 34.1 Å². The van der Waals surface area contributed by atoms with Crippen LogP contribution < -0.4 is 10.3 Å². The Kier molecular flexibility index (Phi) is 5.15. The normalized spacial score (nSPS) is 12.0. The molecule has 0 amide bonds. The molecular weight excluding hydrogens is 381 g/mol. The van der Waals surface area contributed by atoms with Crippen molar-refractivity contribution in [3.63, 3.8) is 0 Å². The summed E-state index contributed by atoms with van der Waals surface area (Å²) in [6.07, 6.45) is -4.87. The molecule has 0 atom stereocenters. The molecule has 0 saturated heterocycles. The lowest BCUT2D eigenvalue weighted by Gasteiger charge is -2.19. The number of benzene rings is 2. The van der Waals surface area contributed by atoms with Gasteiger partial charge in [-0.05, 0) is 44.2 Å². The van der Waals surface area contributed by atoms with Gasteiger partial charge in [-0.25, -0.2) is 4.98 Å². The molecular formula is C19H16ClF3N2O2. The minimum absolute atomic E-state index is 0.0440. The van der Waals surface area contributed by atoms with Gasteiger partial charge in [-0.3, -0.25) is 9.36 Å². The van der Waals surface area contributed by atoms with Gasteiger partial charge in [0.1, 0.15) is 11.6 Å². The predicted octanol–water partition coefficient (Wildman–Crippen LogP) is 4.93. The Hall–Kier alpha value is -2.54. The van der Waals surface area contributed by atoms with E-state index in [0.717, 1.165) is 16.7 Å². The summed E-state index contributed by atoms with van der Waals surface area (Å²) >= 11 is 5.96. The quantitative estimate of drug-likeness (QED) is 0.587. The summed E-state index contributed by atoms with van der Waals surface area (Å²) in [7, 11) is 0. The van der Waals surface area contributed by atoms with E-state index in [0.29, 0.717) is 5.52 Å². The van der Waals surface area contributed by atoms with E-state index in [1.807, 2.05) is 0 Å². The van der Waals surface area contributed by atoms with Crippen LogP contribution in [0.1, 0.15) is 25.2 Å². The van der Waals surface area contributed by atoms with Crippen molar-refractivity contribution in [2.24, 2.45) is 0 Å². The number of rotatable bonds is 4. The Morgan fingerprint density at radius 1 is 1.19 bits per heavy atom. The molecule has 0 aliphatic heterocycles. The van der Waals surface area contributed by atoms with Crippen LogP contribution >= 0.6 is 11.6 Å². The number of alkyl halides is 4. The molecule has 2 aromatic carbocycles. The number of hydrogen-bond acceptors (Lipinski definition) is 3. The second kappa shape index (κ2) is 7.23. The third-order valence-corrected chi connectivity index (χ3v) is 4.09.